The zero-order chi connectivity index (χ0) is 26.6. The third-order valence-corrected chi connectivity index (χ3v) is 6.96. The lowest BCUT2D eigenvalue weighted by atomic mass is 10.1. The van der Waals surface area contributed by atoms with Gasteiger partial charge in [0.2, 0.25) is 0 Å². The highest BCUT2D eigenvalue weighted by Gasteiger charge is 2.14. The monoisotopic (exact) mass is 512 g/mol. The SMILES string of the molecule is Cc1cc(C(=O)Nc2cccc(C#Cc3cc(C(=O)N=S(C)(=O)c4ccccc4)cnc3N)c2)n(C)n1. The number of benzene rings is 2. The number of aryl methyl sites for hydroxylation is 2. The first-order chi connectivity index (χ1) is 17.6. The third-order valence-electron chi connectivity index (χ3n) is 5.30. The average Bonchev–Trinajstić information content (AvgIpc) is 3.22. The van der Waals surface area contributed by atoms with Crippen LogP contribution in [0.15, 0.2) is 82.2 Å². The van der Waals surface area contributed by atoms with E-state index >= 15 is 0 Å². The summed E-state index contributed by atoms with van der Waals surface area (Å²) in [6.07, 6.45) is 2.69. The molecule has 0 fully saturated rings. The number of hydrogen-bond acceptors (Lipinski definition) is 6. The van der Waals surface area contributed by atoms with Crippen LogP contribution in [0.3, 0.4) is 0 Å². The summed E-state index contributed by atoms with van der Waals surface area (Å²) in [6, 6.07) is 18.7. The van der Waals surface area contributed by atoms with Gasteiger partial charge in [-0.15, -0.1) is 0 Å². The van der Waals surface area contributed by atoms with Gasteiger partial charge in [0.25, 0.3) is 11.8 Å². The van der Waals surface area contributed by atoms with Gasteiger partial charge >= 0.3 is 0 Å². The number of amides is 2. The van der Waals surface area contributed by atoms with Crippen LogP contribution in [-0.2, 0) is 16.8 Å². The molecule has 0 aliphatic heterocycles. The van der Waals surface area contributed by atoms with Gasteiger partial charge in [0.05, 0.1) is 26.5 Å². The molecule has 0 aliphatic rings. The van der Waals surface area contributed by atoms with Crippen molar-refractivity contribution < 1.29 is 13.8 Å². The predicted octanol–water partition coefficient (Wildman–Crippen LogP) is 3.65. The van der Waals surface area contributed by atoms with Crippen LogP contribution in [0.1, 0.15) is 37.7 Å². The van der Waals surface area contributed by atoms with Gasteiger partial charge in [-0.2, -0.15) is 9.46 Å². The summed E-state index contributed by atoms with van der Waals surface area (Å²) in [6.45, 7) is 1.81. The average molecular weight is 513 g/mol. The van der Waals surface area contributed by atoms with E-state index in [1.165, 1.54) is 23.2 Å². The number of hydrogen-bond donors (Lipinski definition) is 2. The number of nitrogens with two attached hydrogens (primary N) is 1. The summed E-state index contributed by atoms with van der Waals surface area (Å²) in [7, 11) is -1.23. The van der Waals surface area contributed by atoms with Crippen molar-refractivity contribution >= 4 is 33.0 Å². The molecular formula is C27H24N6O3S. The minimum Gasteiger partial charge on any atom is -0.383 e. The fraction of sp³-hybridized carbons (Fsp3) is 0.111. The van der Waals surface area contributed by atoms with E-state index in [1.807, 2.05) is 6.92 Å². The molecule has 186 valence electrons. The molecule has 0 bridgehead atoms. The van der Waals surface area contributed by atoms with Crippen LogP contribution in [0.25, 0.3) is 0 Å². The molecule has 2 amide bonds. The summed E-state index contributed by atoms with van der Waals surface area (Å²) in [5, 5.41) is 7.02. The number of nitrogens with zero attached hydrogens (tertiary/aromatic N) is 4. The quantitative estimate of drug-likeness (QED) is 0.401. The second-order valence-corrected chi connectivity index (χ2v) is 10.5. The van der Waals surface area contributed by atoms with Crippen LogP contribution in [0.5, 0.6) is 0 Å². The van der Waals surface area contributed by atoms with E-state index < -0.39 is 15.6 Å². The van der Waals surface area contributed by atoms with Crippen molar-refractivity contribution in [2.24, 2.45) is 11.4 Å². The topological polar surface area (TPSA) is 132 Å². The summed E-state index contributed by atoms with van der Waals surface area (Å²) >= 11 is 0. The van der Waals surface area contributed by atoms with E-state index in [4.69, 9.17) is 5.73 Å². The van der Waals surface area contributed by atoms with Crippen LogP contribution < -0.4 is 11.1 Å². The highest BCUT2D eigenvalue weighted by atomic mass is 32.2. The zero-order valence-electron chi connectivity index (χ0n) is 20.4. The number of rotatable bonds is 4. The first-order valence-electron chi connectivity index (χ1n) is 11.1. The summed E-state index contributed by atoms with van der Waals surface area (Å²) in [4.78, 5) is 29.8. The number of pyridine rings is 1. The molecular weight excluding hydrogens is 488 g/mol. The molecule has 2 aromatic carbocycles. The highest BCUT2D eigenvalue weighted by Crippen LogP contribution is 2.16. The lowest BCUT2D eigenvalue weighted by Gasteiger charge is -2.06. The van der Waals surface area contributed by atoms with E-state index in [1.54, 1.807) is 67.7 Å². The third kappa shape index (κ3) is 6.09. The Morgan fingerprint density at radius 2 is 1.81 bits per heavy atom. The Morgan fingerprint density at radius 1 is 1.05 bits per heavy atom. The van der Waals surface area contributed by atoms with Crippen LogP contribution in [0.4, 0.5) is 11.5 Å². The van der Waals surface area contributed by atoms with Gasteiger partial charge in [-0.25, -0.2) is 9.19 Å². The molecule has 3 N–H and O–H groups in total. The molecule has 0 spiro atoms. The number of anilines is 2. The first kappa shape index (κ1) is 25.3. The maximum atomic E-state index is 13.0. The van der Waals surface area contributed by atoms with Crippen molar-refractivity contribution in [3.63, 3.8) is 0 Å². The Balaban J connectivity index is 1.56. The molecule has 2 aromatic heterocycles. The number of carbonyl (C=O) groups excluding carboxylic acids is 2. The lowest BCUT2D eigenvalue weighted by molar-refractivity contribution is 0.0999. The minimum absolute atomic E-state index is 0.122. The molecule has 0 saturated carbocycles. The Hall–Kier alpha value is -4.75. The van der Waals surface area contributed by atoms with Crippen molar-refractivity contribution in [3.05, 3.63) is 101 Å². The van der Waals surface area contributed by atoms with E-state index in [9.17, 15) is 13.8 Å². The van der Waals surface area contributed by atoms with E-state index in [0.717, 1.165) is 5.69 Å². The molecule has 4 rings (SSSR count). The Kier molecular flexibility index (Phi) is 7.18. The van der Waals surface area contributed by atoms with Gasteiger partial charge in [-0.1, -0.05) is 36.1 Å². The van der Waals surface area contributed by atoms with Gasteiger partial charge in [0, 0.05) is 35.6 Å². The summed E-state index contributed by atoms with van der Waals surface area (Å²) in [5.74, 6) is 5.06. The number of carbonyl (C=O) groups is 2. The van der Waals surface area contributed by atoms with Gasteiger partial charge in [0.15, 0.2) is 0 Å². The van der Waals surface area contributed by atoms with Crippen molar-refractivity contribution in [3.8, 4) is 11.8 Å². The largest absolute Gasteiger partial charge is 0.383 e. The molecule has 37 heavy (non-hydrogen) atoms. The van der Waals surface area contributed by atoms with E-state index in [-0.39, 0.29) is 17.3 Å². The first-order valence-corrected chi connectivity index (χ1v) is 13.1. The normalized spacial score (nSPS) is 12.1. The maximum Gasteiger partial charge on any atom is 0.286 e. The molecule has 0 aliphatic carbocycles. The van der Waals surface area contributed by atoms with Crippen LogP contribution in [0.2, 0.25) is 0 Å². The molecule has 0 saturated heterocycles. The van der Waals surface area contributed by atoms with E-state index in [2.05, 4.69) is 31.6 Å². The number of aromatic nitrogens is 3. The summed E-state index contributed by atoms with van der Waals surface area (Å²) in [5.41, 5.74) is 8.76. The minimum atomic E-state index is -2.93. The highest BCUT2D eigenvalue weighted by molar-refractivity contribution is 7.93. The molecule has 2 heterocycles. The van der Waals surface area contributed by atoms with Crippen molar-refractivity contribution in [1.29, 1.82) is 0 Å². The fourth-order valence-corrected chi connectivity index (χ4v) is 4.65. The fourth-order valence-electron chi connectivity index (χ4n) is 3.46. The van der Waals surface area contributed by atoms with Gasteiger partial charge in [-0.05, 0) is 49.4 Å². The molecule has 0 radical (unpaired) electrons. The Labute approximate surface area is 214 Å². The Bertz CT molecular complexity index is 1690. The molecule has 9 nitrogen and oxygen atoms in total. The van der Waals surface area contributed by atoms with Gasteiger partial charge in [0.1, 0.15) is 11.5 Å². The maximum absolute atomic E-state index is 13.0. The molecule has 1 unspecified atom stereocenters. The van der Waals surface area contributed by atoms with Crippen molar-refractivity contribution in [2.45, 2.75) is 11.8 Å². The predicted molar refractivity (Wildman–Crippen MR) is 143 cm³/mol. The molecule has 1 atom stereocenters. The van der Waals surface area contributed by atoms with Crippen molar-refractivity contribution in [1.82, 2.24) is 14.8 Å². The number of nitrogen functional groups attached to an aromatic ring is 1. The van der Waals surface area contributed by atoms with Crippen molar-refractivity contribution in [2.75, 3.05) is 17.3 Å². The van der Waals surface area contributed by atoms with Gasteiger partial charge < -0.3 is 11.1 Å². The van der Waals surface area contributed by atoms with Crippen LogP contribution in [0, 0.1) is 18.8 Å². The number of nitrogens with one attached hydrogen (secondary N) is 1. The van der Waals surface area contributed by atoms with E-state index in [0.29, 0.717) is 27.4 Å². The van der Waals surface area contributed by atoms with Crippen LogP contribution in [-0.4, -0.2) is 37.0 Å². The van der Waals surface area contributed by atoms with Crippen LogP contribution >= 0.6 is 0 Å². The standard InChI is InChI=1S/C27H24N6O3S/c1-18-14-24(33(2)31-18)27(35)30-22-9-7-8-19(15-22)12-13-20-16-21(17-29-25(20)28)26(34)32-37(3,36)23-10-5-4-6-11-23/h4-11,14-17H,1-3H3,(H2,28,29)(H,30,35). The summed E-state index contributed by atoms with van der Waals surface area (Å²) < 4.78 is 18.4. The van der Waals surface area contributed by atoms with Gasteiger partial charge in [-0.3, -0.25) is 14.3 Å². The second kappa shape index (κ2) is 10.5. The smallest absolute Gasteiger partial charge is 0.286 e. The molecule has 4 aromatic rings. The second-order valence-electron chi connectivity index (χ2n) is 8.25. The lowest BCUT2D eigenvalue weighted by Crippen LogP contribution is -2.16. The zero-order valence-corrected chi connectivity index (χ0v) is 21.2. The molecule has 10 heteroatoms. The Morgan fingerprint density at radius 3 is 2.51 bits per heavy atom.